The highest BCUT2D eigenvalue weighted by molar-refractivity contribution is 9.10. The summed E-state index contributed by atoms with van der Waals surface area (Å²) >= 11 is 3.38. The Labute approximate surface area is 91.3 Å². The van der Waals surface area contributed by atoms with Crippen molar-refractivity contribution >= 4 is 15.9 Å². The van der Waals surface area contributed by atoms with Gasteiger partial charge in [0.15, 0.2) is 6.29 Å². The first-order chi connectivity index (χ1) is 6.79. The Bertz CT molecular complexity index is 301. The maximum atomic E-state index is 5.57. The largest absolute Gasteiger partial charge is 0.346 e. The first-order valence-corrected chi connectivity index (χ1v) is 5.31. The number of benzene rings is 1. The zero-order valence-corrected chi connectivity index (χ0v) is 9.24. The van der Waals surface area contributed by atoms with Gasteiger partial charge in [-0.3, -0.25) is 0 Å². The SMILES string of the molecule is NCC1COC(c2ccc(Br)cc2)O1. The van der Waals surface area contributed by atoms with Crippen LogP contribution >= 0.6 is 15.9 Å². The fraction of sp³-hybridized carbons (Fsp3) is 0.400. The lowest BCUT2D eigenvalue weighted by Gasteiger charge is -2.10. The van der Waals surface area contributed by atoms with Gasteiger partial charge in [-0.05, 0) is 12.1 Å². The topological polar surface area (TPSA) is 44.5 Å². The molecule has 2 unspecified atom stereocenters. The molecule has 1 saturated heterocycles. The summed E-state index contributed by atoms with van der Waals surface area (Å²) in [7, 11) is 0. The van der Waals surface area contributed by atoms with E-state index in [4.69, 9.17) is 15.2 Å². The second-order valence-corrected chi connectivity index (χ2v) is 4.13. The second-order valence-electron chi connectivity index (χ2n) is 3.21. The van der Waals surface area contributed by atoms with Crippen molar-refractivity contribution in [2.24, 2.45) is 5.73 Å². The smallest absolute Gasteiger partial charge is 0.184 e. The van der Waals surface area contributed by atoms with Crippen LogP contribution in [0.2, 0.25) is 0 Å². The summed E-state index contributed by atoms with van der Waals surface area (Å²) in [5, 5.41) is 0. The van der Waals surface area contributed by atoms with Crippen molar-refractivity contribution in [3.8, 4) is 0 Å². The van der Waals surface area contributed by atoms with Gasteiger partial charge >= 0.3 is 0 Å². The van der Waals surface area contributed by atoms with Gasteiger partial charge in [0.2, 0.25) is 0 Å². The first kappa shape index (κ1) is 10.1. The van der Waals surface area contributed by atoms with Crippen LogP contribution < -0.4 is 5.73 Å². The third-order valence-corrected chi connectivity index (χ3v) is 2.68. The highest BCUT2D eigenvalue weighted by Crippen LogP contribution is 2.27. The molecule has 4 heteroatoms. The summed E-state index contributed by atoms with van der Waals surface area (Å²) in [5.41, 5.74) is 6.52. The van der Waals surface area contributed by atoms with E-state index in [1.54, 1.807) is 0 Å². The molecule has 2 atom stereocenters. The Hall–Kier alpha value is -0.420. The summed E-state index contributed by atoms with van der Waals surface area (Å²) in [4.78, 5) is 0. The van der Waals surface area contributed by atoms with Crippen molar-refractivity contribution < 1.29 is 9.47 Å². The molecule has 0 saturated carbocycles. The van der Waals surface area contributed by atoms with Crippen LogP contribution in [0.5, 0.6) is 0 Å². The Morgan fingerprint density at radius 2 is 2.07 bits per heavy atom. The Balaban J connectivity index is 2.06. The summed E-state index contributed by atoms with van der Waals surface area (Å²) in [5.74, 6) is 0. The lowest BCUT2D eigenvalue weighted by molar-refractivity contribution is -0.0585. The van der Waals surface area contributed by atoms with Gasteiger partial charge in [-0.1, -0.05) is 28.1 Å². The first-order valence-electron chi connectivity index (χ1n) is 4.52. The summed E-state index contributed by atoms with van der Waals surface area (Å²) in [6.07, 6.45) is -0.222. The number of rotatable bonds is 2. The minimum atomic E-state index is -0.253. The number of hydrogen-bond donors (Lipinski definition) is 1. The molecule has 0 amide bonds. The van der Waals surface area contributed by atoms with Crippen LogP contribution in [0.3, 0.4) is 0 Å². The maximum Gasteiger partial charge on any atom is 0.184 e. The van der Waals surface area contributed by atoms with E-state index in [1.165, 1.54) is 0 Å². The molecule has 0 radical (unpaired) electrons. The third-order valence-electron chi connectivity index (χ3n) is 2.15. The lowest BCUT2D eigenvalue weighted by atomic mass is 10.2. The average Bonchev–Trinajstić information content (AvgIpc) is 2.67. The van der Waals surface area contributed by atoms with E-state index in [0.29, 0.717) is 13.2 Å². The standard InChI is InChI=1S/C10H12BrNO2/c11-8-3-1-7(2-4-8)10-13-6-9(5-12)14-10/h1-4,9-10H,5-6,12H2. The van der Waals surface area contributed by atoms with E-state index in [2.05, 4.69) is 15.9 Å². The van der Waals surface area contributed by atoms with Crippen LogP contribution in [0.25, 0.3) is 0 Å². The predicted octanol–water partition coefficient (Wildman–Crippen LogP) is 1.82. The van der Waals surface area contributed by atoms with Crippen LogP contribution in [-0.4, -0.2) is 19.3 Å². The molecular formula is C10H12BrNO2. The van der Waals surface area contributed by atoms with Gasteiger partial charge in [0, 0.05) is 16.6 Å². The van der Waals surface area contributed by atoms with Crippen molar-refractivity contribution in [2.75, 3.05) is 13.2 Å². The molecule has 3 nitrogen and oxygen atoms in total. The van der Waals surface area contributed by atoms with Crippen LogP contribution in [0, 0.1) is 0 Å². The molecule has 14 heavy (non-hydrogen) atoms. The Morgan fingerprint density at radius 1 is 1.36 bits per heavy atom. The van der Waals surface area contributed by atoms with E-state index >= 15 is 0 Å². The fourth-order valence-corrected chi connectivity index (χ4v) is 1.63. The van der Waals surface area contributed by atoms with E-state index in [-0.39, 0.29) is 12.4 Å². The molecule has 76 valence electrons. The number of hydrogen-bond acceptors (Lipinski definition) is 3. The molecule has 0 aliphatic carbocycles. The summed E-state index contributed by atoms with van der Waals surface area (Å²) in [6.45, 7) is 1.09. The number of ether oxygens (including phenoxy) is 2. The molecular weight excluding hydrogens is 246 g/mol. The van der Waals surface area contributed by atoms with Gasteiger partial charge in [0.1, 0.15) is 0 Å². The van der Waals surface area contributed by atoms with Crippen LogP contribution in [0.1, 0.15) is 11.9 Å². The minimum absolute atomic E-state index is 0.0312. The molecule has 1 aromatic rings. The quantitative estimate of drug-likeness (QED) is 0.880. The molecule has 0 aromatic heterocycles. The van der Waals surface area contributed by atoms with Gasteiger partial charge < -0.3 is 15.2 Å². The molecule has 0 bridgehead atoms. The van der Waals surface area contributed by atoms with Crippen LogP contribution in [0.15, 0.2) is 28.7 Å². The number of halogens is 1. The van der Waals surface area contributed by atoms with Crippen molar-refractivity contribution in [1.82, 2.24) is 0 Å². The minimum Gasteiger partial charge on any atom is -0.346 e. The van der Waals surface area contributed by atoms with E-state index in [9.17, 15) is 0 Å². The van der Waals surface area contributed by atoms with Gasteiger partial charge in [0.05, 0.1) is 12.7 Å². The molecule has 1 heterocycles. The molecule has 1 aromatic carbocycles. The third kappa shape index (κ3) is 2.15. The van der Waals surface area contributed by atoms with Gasteiger partial charge in [0.25, 0.3) is 0 Å². The highest BCUT2D eigenvalue weighted by atomic mass is 79.9. The van der Waals surface area contributed by atoms with E-state index < -0.39 is 0 Å². The Morgan fingerprint density at radius 3 is 2.64 bits per heavy atom. The molecule has 1 aliphatic rings. The summed E-state index contributed by atoms with van der Waals surface area (Å²) < 4.78 is 12.1. The van der Waals surface area contributed by atoms with Crippen molar-refractivity contribution in [3.63, 3.8) is 0 Å². The van der Waals surface area contributed by atoms with Gasteiger partial charge in [-0.25, -0.2) is 0 Å². The van der Waals surface area contributed by atoms with Crippen molar-refractivity contribution in [3.05, 3.63) is 34.3 Å². The van der Waals surface area contributed by atoms with Gasteiger partial charge in [-0.2, -0.15) is 0 Å². The zero-order valence-electron chi connectivity index (χ0n) is 7.65. The van der Waals surface area contributed by atoms with E-state index in [0.717, 1.165) is 10.0 Å². The molecule has 1 aliphatic heterocycles. The Kier molecular flexibility index (Phi) is 3.18. The molecule has 2 N–H and O–H groups in total. The molecule has 2 rings (SSSR count). The molecule has 1 fully saturated rings. The maximum absolute atomic E-state index is 5.57. The monoisotopic (exact) mass is 257 g/mol. The normalized spacial score (nSPS) is 26.7. The van der Waals surface area contributed by atoms with Crippen molar-refractivity contribution in [2.45, 2.75) is 12.4 Å². The number of nitrogens with two attached hydrogens (primary N) is 1. The highest BCUT2D eigenvalue weighted by Gasteiger charge is 2.25. The fourth-order valence-electron chi connectivity index (χ4n) is 1.37. The van der Waals surface area contributed by atoms with Gasteiger partial charge in [-0.15, -0.1) is 0 Å². The van der Waals surface area contributed by atoms with Crippen molar-refractivity contribution in [1.29, 1.82) is 0 Å². The lowest BCUT2D eigenvalue weighted by Crippen LogP contribution is -2.21. The van der Waals surface area contributed by atoms with Crippen LogP contribution in [-0.2, 0) is 9.47 Å². The summed E-state index contributed by atoms with van der Waals surface area (Å²) in [6, 6.07) is 7.90. The second kappa shape index (κ2) is 4.40. The predicted molar refractivity (Wildman–Crippen MR) is 56.8 cm³/mol. The average molecular weight is 258 g/mol. The zero-order chi connectivity index (χ0) is 9.97. The van der Waals surface area contributed by atoms with Crippen LogP contribution in [0.4, 0.5) is 0 Å². The van der Waals surface area contributed by atoms with E-state index in [1.807, 2.05) is 24.3 Å². The molecule has 0 spiro atoms.